The topological polar surface area (TPSA) is 42.1 Å². The van der Waals surface area contributed by atoms with Gasteiger partial charge in [-0.2, -0.15) is 0 Å². The predicted molar refractivity (Wildman–Crippen MR) is 88.1 cm³/mol. The minimum Gasteiger partial charge on any atom is -0.445 e. The number of epoxide rings is 1. The van der Waals surface area contributed by atoms with Crippen LogP contribution in [0.4, 0.5) is 10.5 Å². The number of ether oxygens (including phenoxy) is 2. The Kier molecular flexibility index (Phi) is 3.59. The summed E-state index contributed by atoms with van der Waals surface area (Å²) < 4.78 is 10.3. The summed E-state index contributed by atoms with van der Waals surface area (Å²) in [5, 5.41) is 0. The van der Waals surface area contributed by atoms with Crippen LogP contribution in [0, 0.1) is 0 Å². The number of benzene rings is 1. The monoisotopic (exact) mass is 425 g/mol. The van der Waals surface area contributed by atoms with Crippen LogP contribution in [0.5, 0.6) is 0 Å². The fourth-order valence-corrected chi connectivity index (χ4v) is 4.14. The van der Waals surface area contributed by atoms with Crippen LogP contribution in [0.2, 0.25) is 0 Å². The number of carbonyl (C=O) groups is 1. The summed E-state index contributed by atoms with van der Waals surface area (Å²) in [5.74, 6) is 0.270. The minimum atomic E-state index is -1.61. The second kappa shape index (κ2) is 5.15. The van der Waals surface area contributed by atoms with E-state index in [0.717, 1.165) is 22.1 Å². The molecular weight excluding hydrogens is 416 g/mol. The molecular formula is C14H11BrCl3NO3. The lowest BCUT2D eigenvalue weighted by Crippen LogP contribution is -2.32. The van der Waals surface area contributed by atoms with Gasteiger partial charge in [0.05, 0.1) is 11.8 Å². The summed E-state index contributed by atoms with van der Waals surface area (Å²) in [6.07, 6.45) is 0.855. The van der Waals surface area contributed by atoms with Gasteiger partial charge < -0.3 is 9.47 Å². The number of nitrogens with zero attached hydrogens (tertiary/aromatic N) is 1. The number of halogens is 4. The molecule has 0 radical (unpaired) electrons. The maximum atomic E-state index is 12.3. The normalized spacial score (nSPS) is 28.2. The molecule has 0 N–H and O–H groups in total. The van der Waals surface area contributed by atoms with Gasteiger partial charge in [-0.25, -0.2) is 4.79 Å². The largest absolute Gasteiger partial charge is 0.445 e. The number of fused-ring (bicyclic) bond motifs is 2. The van der Waals surface area contributed by atoms with E-state index in [1.165, 1.54) is 5.56 Å². The van der Waals surface area contributed by atoms with E-state index in [1.807, 2.05) is 12.1 Å². The van der Waals surface area contributed by atoms with Crippen molar-refractivity contribution < 1.29 is 14.3 Å². The lowest BCUT2D eigenvalue weighted by Gasteiger charge is -2.19. The molecule has 2 heterocycles. The highest BCUT2D eigenvalue weighted by atomic mass is 79.9. The average molecular weight is 428 g/mol. The zero-order valence-electron chi connectivity index (χ0n) is 11.2. The third-order valence-electron chi connectivity index (χ3n) is 4.28. The molecule has 118 valence electrons. The fraction of sp³-hybridized carbons (Fsp3) is 0.500. The first-order chi connectivity index (χ1) is 10.3. The van der Waals surface area contributed by atoms with Gasteiger partial charge in [0, 0.05) is 22.5 Å². The first-order valence-electron chi connectivity index (χ1n) is 6.84. The van der Waals surface area contributed by atoms with E-state index in [4.69, 9.17) is 44.3 Å². The molecule has 1 aromatic rings. The highest BCUT2D eigenvalue weighted by Gasteiger charge is 2.52. The third kappa shape index (κ3) is 2.51. The second-order valence-corrected chi connectivity index (χ2v) is 9.07. The molecule has 3 unspecified atom stereocenters. The minimum absolute atomic E-state index is 0.151. The van der Waals surface area contributed by atoms with Crippen molar-refractivity contribution >= 4 is 62.5 Å². The highest BCUT2D eigenvalue weighted by molar-refractivity contribution is 9.10. The molecule has 4 nitrogen and oxygen atoms in total. The molecule has 1 saturated heterocycles. The second-order valence-electron chi connectivity index (χ2n) is 5.70. The van der Waals surface area contributed by atoms with Crippen LogP contribution in [-0.4, -0.2) is 29.1 Å². The van der Waals surface area contributed by atoms with Crippen LogP contribution < -0.4 is 4.90 Å². The Hall–Kier alpha value is -0.200. The van der Waals surface area contributed by atoms with Crippen molar-refractivity contribution in [3.63, 3.8) is 0 Å². The predicted octanol–water partition coefficient (Wildman–Crippen LogP) is 4.70. The van der Waals surface area contributed by atoms with E-state index in [9.17, 15) is 4.79 Å². The maximum absolute atomic E-state index is 12.3. The van der Waals surface area contributed by atoms with Gasteiger partial charge >= 0.3 is 6.09 Å². The Bertz CT molecular complexity index is 663. The molecule has 4 rings (SSSR count). The number of hydrogen-bond acceptors (Lipinski definition) is 3. The maximum Gasteiger partial charge on any atom is 0.414 e. The summed E-state index contributed by atoms with van der Waals surface area (Å²) in [7, 11) is 0. The molecule has 1 fully saturated rings. The smallest absolute Gasteiger partial charge is 0.414 e. The SMILES string of the molecule is O=C(OCC(Cl)(Cl)Cl)N1CC2CC3OC3c3c(Br)ccc1c32. The first-order valence-corrected chi connectivity index (χ1v) is 8.76. The zero-order chi connectivity index (χ0) is 15.6. The number of amides is 1. The van der Waals surface area contributed by atoms with Crippen LogP contribution in [0.15, 0.2) is 16.6 Å². The van der Waals surface area contributed by atoms with Crippen molar-refractivity contribution in [2.24, 2.45) is 0 Å². The molecule has 3 atom stereocenters. The Labute approximate surface area is 150 Å². The molecule has 0 bridgehead atoms. The molecule has 3 aliphatic rings. The molecule has 2 aliphatic heterocycles. The summed E-state index contributed by atoms with van der Waals surface area (Å²) in [5.41, 5.74) is 3.21. The lowest BCUT2D eigenvalue weighted by atomic mass is 9.84. The number of carbonyl (C=O) groups excluding carboxylic acids is 1. The van der Waals surface area contributed by atoms with Gasteiger partial charge in [-0.3, -0.25) is 4.90 Å². The van der Waals surface area contributed by atoms with Gasteiger partial charge in [0.2, 0.25) is 3.79 Å². The fourth-order valence-electron chi connectivity index (χ4n) is 3.41. The highest BCUT2D eigenvalue weighted by Crippen LogP contribution is 2.58. The van der Waals surface area contributed by atoms with E-state index < -0.39 is 9.89 Å². The summed E-state index contributed by atoms with van der Waals surface area (Å²) >= 11 is 20.5. The van der Waals surface area contributed by atoms with Crippen LogP contribution >= 0.6 is 50.7 Å². The molecule has 8 heteroatoms. The van der Waals surface area contributed by atoms with Crippen molar-refractivity contribution in [1.29, 1.82) is 0 Å². The molecule has 1 amide bonds. The van der Waals surface area contributed by atoms with Crippen molar-refractivity contribution in [3.8, 4) is 0 Å². The van der Waals surface area contributed by atoms with E-state index in [-0.39, 0.29) is 24.7 Å². The van der Waals surface area contributed by atoms with Crippen LogP contribution in [0.1, 0.15) is 29.6 Å². The van der Waals surface area contributed by atoms with Crippen molar-refractivity contribution in [2.75, 3.05) is 18.1 Å². The van der Waals surface area contributed by atoms with E-state index in [0.29, 0.717) is 6.54 Å². The Balaban J connectivity index is 1.63. The molecule has 0 spiro atoms. The van der Waals surface area contributed by atoms with Gasteiger partial charge in [0.25, 0.3) is 0 Å². The van der Waals surface area contributed by atoms with Crippen molar-refractivity contribution in [1.82, 2.24) is 0 Å². The summed E-state index contributed by atoms with van der Waals surface area (Å²) in [4.78, 5) is 13.9. The number of hydrogen-bond donors (Lipinski definition) is 0. The molecule has 0 saturated carbocycles. The van der Waals surface area contributed by atoms with Gasteiger partial charge in [0.15, 0.2) is 0 Å². The summed E-state index contributed by atoms with van der Waals surface area (Å²) in [6, 6.07) is 3.86. The van der Waals surface area contributed by atoms with Crippen LogP contribution in [-0.2, 0) is 9.47 Å². The lowest BCUT2D eigenvalue weighted by molar-refractivity contribution is 0.156. The summed E-state index contributed by atoms with van der Waals surface area (Å²) in [6.45, 7) is 0.300. The Morgan fingerprint density at radius 2 is 2.18 bits per heavy atom. The molecule has 0 aromatic heterocycles. The standard InChI is InChI=1S/C14H11BrCl3NO3/c15-7-1-2-8-10-6(3-9-12(22-9)11(7)10)4-19(8)13(20)21-5-14(16,17)18/h1-2,6,9,12H,3-5H2. The van der Waals surface area contributed by atoms with Gasteiger partial charge in [-0.05, 0) is 24.1 Å². The molecule has 22 heavy (non-hydrogen) atoms. The van der Waals surface area contributed by atoms with E-state index >= 15 is 0 Å². The Morgan fingerprint density at radius 3 is 2.91 bits per heavy atom. The first kappa shape index (κ1) is 15.3. The Morgan fingerprint density at radius 1 is 1.41 bits per heavy atom. The van der Waals surface area contributed by atoms with Gasteiger partial charge in [0.1, 0.15) is 12.7 Å². The average Bonchev–Trinajstić information content (AvgIpc) is 3.12. The zero-order valence-corrected chi connectivity index (χ0v) is 15.0. The van der Waals surface area contributed by atoms with E-state index in [1.54, 1.807) is 4.90 Å². The van der Waals surface area contributed by atoms with Gasteiger partial charge in [-0.15, -0.1) is 0 Å². The van der Waals surface area contributed by atoms with Crippen LogP contribution in [0.25, 0.3) is 0 Å². The van der Waals surface area contributed by atoms with Crippen molar-refractivity contribution in [3.05, 3.63) is 27.7 Å². The number of alkyl halides is 3. The third-order valence-corrected chi connectivity index (χ3v) is 5.30. The quantitative estimate of drug-likeness (QED) is 0.482. The van der Waals surface area contributed by atoms with Crippen molar-refractivity contribution in [2.45, 2.75) is 28.3 Å². The molecule has 1 aromatic carbocycles. The van der Waals surface area contributed by atoms with Crippen LogP contribution in [0.3, 0.4) is 0 Å². The number of rotatable bonds is 1. The molecule has 1 aliphatic carbocycles. The number of anilines is 1. The van der Waals surface area contributed by atoms with E-state index in [2.05, 4.69) is 15.9 Å². The van der Waals surface area contributed by atoms with Gasteiger partial charge in [-0.1, -0.05) is 50.7 Å².